The van der Waals surface area contributed by atoms with Crippen LogP contribution in [0.5, 0.6) is 0 Å². The van der Waals surface area contributed by atoms with E-state index in [9.17, 15) is 4.79 Å². The molecule has 0 aromatic heterocycles. The maximum absolute atomic E-state index is 11.6. The average molecular weight is 260 g/mol. The molecule has 0 saturated heterocycles. The molecule has 0 atom stereocenters. The van der Waals surface area contributed by atoms with Crippen LogP contribution in [0.4, 0.5) is 0 Å². The molecule has 108 valence electrons. The number of carbonyl (C=O) groups excluding carboxylic acids is 1. The van der Waals surface area contributed by atoms with Gasteiger partial charge in [-0.15, -0.1) is 0 Å². The van der Waals surface area contributed by atoms with Gasteiger partial charge in [0.1, 0.15) is 0 Å². The van der Waals surface area contributed by atoms with Gasteiger partial charge in [-0.25, -0.2) is 0 Å². The van der Waals surface area contributed by atoms with E-state index < -0.39 is 0 Å². The highest BCUT2D eigenvalue weighted by Crippen LogP contribution is 1.98. The van der Waals surface area contributed by atoms with Crippen LogP contribution in [0.25, 0.3) is 0 Å². The van der Waals surface area contributed by atoms with E-state index in [0.29, 0.717) is 38.8 Å². The molecule has 0 saturated carbocycles. The third-order valence-electron chi connectivity index (χ3n) is 2.29. The lowest BCUT2D eigenvalue weighted by Crippen LogP contribution is -2.41. The Morgan fingerprint density at radius 1 is 1.22 bits per heavy atom. The van der Waals surface area contributed by atoms with Crippen LogP contribution in [0.2, 0.25) is 0 Å². The Kier molecular flexibility index (Phi) is 9.92. The summed E-state index contributed by atoms with van der Waals surface area (Å²) in [7, 11) is 1.89. The SMILES string of the molecule is CCOC(CN(C)CC(=O)NCC(C)C)OCC. The number of amides is 1. The van der Waals surface area contributed by atoms with Crippen molar-refractivity contribution in [1.29, 1.82) is 0 Å². The lowest BCUT2D eigenvalue weighted by Gasteiger charge is -2.23. The Morgan fingerprint density at radius 2 is 1.78 bits per heavy atom. The minimum Gasteiger partial charge on any atom is -0.355 e. The fourth-order valence-corrected chi connectivity index (χ4v) is 1.46. The second kappa shape index (κ2) is 10.3. The summed E-state index contributed by atoms with van der Waals surface area (Å²) in [4.78, 5) is 13.5. The zero-order chi connectivity index (χ0) is 14.0. The summed E-state index contributed by atoms with van der Waals surface area (Å²) in [6.07, 6.45) is -0.261. The van der Waals surface area contributed by atoms with E-state index in [4.69, 9.17) is 9.47 Å². The Morgan fingerprint density at radius 3 is 2.22 bits per heavy atom. The zero-order valence-corrected chi connectivity index (χ0v) is 12.4. The number of likely N-dealkylation sites (N-methyl/N-ethyl adjacent to an activating group) is 1. The Hall–Kier alpha value is -0.650. The smallest absolute Gasteiger partial charge is 0.234 e. The second-order valence-electron chi connectivity index (χ2n) is 4.73. The van der Waals surface area contributed by atoms with Crippen LogP contribution >= 0.6 is 0 Å². The van der Waals surface area contributed by atoms with Gasteiger partial charge in [0.2, 0.25) is 5.91 Å². The van der Waals surface area contributed by atoms with Crippen molar-refractivity contribution in [3.63, 3.8) is 0 Å². The zero-order valence-electron chi connectivity index (χ0n) is 12.4. The molecule has 0 bridgehead atoms. The minimum atomic E-state index is -0.261. The summed E-state index contributed by atoms with van der Waals surface area (Å²) in [5, 5.41) is 2.89. The number of carbonyl (C=O) groups is 1. The number of hydrogen-bond donors (Lipinski definition) is 1. The number of nitrogens with one attached hydrogen (secondary N) is 1. The van der Waals surface area contributed by atoms with Gasteiger partial charge in [0.25, 0.3) is 0 Å². The van der Waals surface area contributed by atoms with Gasteiger partial charge in [-0.05, 0) is 26.8 Å². The van der Waals surface area contributed by atoms with E-state index in [-0.39, 0.29) is 12.2 Å². The summed E-state index contributed by atoms with van der Waals surface area (Å²) >= 11 is 0. The molecule has 0 radical (unpaired) electrons. The highest BCUT2D eigenvalue weighted by Gasteiger charge is 2.13. The van der Waals surface area contributed by atoms with Gasteiger partial charge in [0.15, 0.2) is 6.29 Å². The summed E-state index contributed by atoms with van der Waals surface area (Å²) in [6.45, 7) is 10.9. The molecule has 5 heteroatoms. The van der Waals surface area contributed by atoms with E-state index >= 15 is 0 Å². The van der Waals surface area contributed by atoms with Gasteiger partial charge in [-0.1, -0.05) is 13.8 Å². The lowest BCUT2D eigenvalue weighted by molar-refractivity contribution is -0.147. The Bertz CT molecular complexity index is 216. The molecule has 0 aliphatic rings. The van der Waals surface area contributed by atoms with Crippen molar-refractivity contribution < 1.29 is 14.3 Å². The molecular formula is C13H28N2O3. The maximum atomic E-state index is 11.6. The first-order valence-electron chi connectivity index (χ1n) is 6.68. The van der Waals surface area contributed by atoms with Crippen LogP contribution in [0, 0.1) is 5.92 Å². The number of hydrogen-bond acceptors (Lipinski definition) is 4. The highest BCUT2D eigenvalue weighted by atomic mass is 16.7. The van der Waals surface area contributed by atoms with Crippen molar-refractivity contribution in [2.45, 2.75) is 34.0 Å². The normalized spacial score (nSPS) is 11.6. The predicted molar refractivity (Wildman–Crippen MR) is 72.4 cm³/mol. The van der Waals surface area contributed by atoms with Crippen molar-refractivity contribution in [3.8, 4) is 0 Å². The minimum absolute atomic E-state index is 0.0398. The van der Waals surface area contributed by atoms with Crippen LogP contribution in [0.3, 0.4) is 0 Å². The monoisotopic (exact) mass is 260 g/mol. The fraction of sp³-hybridized carbons (Fsp3) is 0.923. The Labute approximate surface area is 111 Å². The fourth-order valence-electron chi connectivity index (χ4n) is 1.46. The largest absolute Gasteiger partial charge is 0.355 e. The summed E-state index contributed by atoms with van der Waals surface area (Å²) < 4.78 is 10.9. The third kappa shape index (κ3) is 9.39. The molecule has 0 fully saturated rings. The van der Waals surface area contributed by atoms with Gasteiger partial charge in [0.05, 0.1) is 6.54 Å². The van der Waals surface area contributed by atoms with Crippen LogP contribution in [-0.4, -0.2) is 57.0 Å². The molecular weight excluding hydrogens is 232 g/mol. The van der Waals surface area contributed by atoms with Crippen molar-refractivity contribution in [3.05, 3.63) is 0 Å². The number of ether oxygens (including phenoxy) is 2. The summed E-state index contributed by atoms with van der Waals surface area (Å²) in [5.74, 6) is 0.511. The first-order valence-corrected chi connectivity index (χ1v) is 6.68. The molecule has 1 amide bonds. The topological polar surface area (TPSA) is 50.8 Å². The van der Waals surface area contributed by atoms with Gasteiger partial charge in [-0.2, -0.15) is 0 Å². The standard InChI is InChI=1S/C13H28N2O3/c1-6-17-13(18-7-2)10-15(5)9-12(16)14-8-11(3)4/h11,13H,6-10H2,1-5H3,(H,14,16). The van der Waals surface area contributed by atoms with Crippen LogP contribution in [-0.2, 0) is 14.3 Å². The van der Waals surface area contributed by atoms with E-state index in [0.717, 1.165) is 0 Å². The van der Waals surface area contributed by atoms with Crippen molar-refractivity contribution in [2.75, 3.05) is 39.9 Å². The van der Waals surface area contributed by atoms with Crippen LogP contribution < -0.4 is 5.32 Å². The highest BCUT2D eigenvalue weighted by molar-refractivity contribution is 5.77. The van der Waals surface area contributed by atoms with E-state index in [1.807, 2.05) is 25.8 Å². The number of rotatable bonds is 10. The third-order valence-corrected chi connectivity index (χ3v) is 2.29. The maximum Gasteiger partial charge on any atom is 0.234 e. The van der Waals surface area contributed by atoms with E-state index in [2.05, 4.69) is 19.2 Å². The first-order chi connectivity index (χ1) is 8.49. The molecule has 1 N–H and O–H groups in total. The van der Waals surface area contributed by atoms with Gasteiger partial charge < -0.3 is 14.8 Å². The number of nitrogens with zero attached hydrogens (tertiary/aromatic N) is 1. The molecule has 0 spiro atoms. The molecule has 0 aliphatic carbocycles. The van der Waals surface area contributed by atoms with Gasteiger partial charge in [-0.3, -0.25) is 9.69 Å². The van der Waals surface area contributed by atoms with Crippen molar-refractivity contribution >= 4 is 5.91 Å². The van der Waals surface area contributed by atoms with Gasteiger partial charge in [0, 0.05) is 26.3 Å². The molecule has 5 nitrogen and oxygen atoms in total. The molecule has 0 aromatic rings. The van der Waals surface area contributed by atoms with E-state index in [1.54, 1.807) is 0 Å². The molecule has 0 rings (SSSR count). The van der Waals surface area contributed by atoms with E-state index in [1.165, 1.54) is 0 Å². The molecule has 0 heterocycles. The lowest BCUT2D eigenvalue weighted by atomic mass is 10.2. The average Bonchev–Trinajstić information content (AvgIpc) is 2.26. The Balaban J connectivity index is 3.91. The molecule has 18 heavy (non-hydrogen) atoms. The predicted octanol–water partition coefficient (Wildman–Crippen LogP) is 1.09. The van der Waals surface area contributed by atoms with Gasteiger partial charge >= 0.3 is 0 Å². The quantitative estimate of drug-likeness (QED) is 0.597. The second-order valence-corrected chi connectivity index (χ2v) is 4.73. The van der Waals surface area contributed by atoms with Crippen molar-refractivity contribution in [2.24, 2.45) is 5.92 Å². The summed E-state index contributed by atoms with van der Waals surface area (Å²) in [5.41, 5.74) is 0. The molecule has 0 unspecified atom stereocenters. The van der Waals surface area contributed by atoms with Crippen LogP contribution in [0.15, 0.2) is 0 Å². The summed E-state index contributed by atoms with van der Waals surface area (Å²) in [6, 6.07) is 0. The van der Waals surface area contributed by atoms with Crippen LogP contribution in [0.1, 0.15) is 27.7 Å². The first kappa shape index (κ1) is 17.4. The van der Waals surface area contributed by atoms with Crippen molar-refractivity contribution in [1.82, 2.24) is 10.2 Å². The molecule has 0 aromatic carbocycles. The molecule has 0 aliphatic heterocycles.